The molecule has 0 aliphatic heterocycles. The number of nitro groups is 1. The van der Waals surface area contributed by atoms with Gasteiger partial charge in [-0.05, 0) is 18.4 Å². The molecule has 1 heterocycles. The Balaban J connectivity index is 1.88. The van der Waals surface area contributed by atoms with Gasteiger partial charge >= 0.3 is 11.9 Å². The lowest BCUT2D eigenvalue weighted by atomic mass is 10.0. The molecule has 0 saturated carbocycles. The van der Waals surface area contributed by atoms with Gasteiger partial charge in [0.05, 0.1) is 4.92 Å². The maximum absolute atomic E-state index is 13.1. The highest BCUT2D eigenvalue weighted by Gasteiger charge is 2.40. The van der Waals surface area contributed by atoms with E-state index in [0.29, 0.717) is 0 Å². The van der Waals surface area contributed by atoms with E-state index in [1.807, 2.05) is 5.32 Å². The first-order valence-corrected chi connectivity index (χ1v) is 7.82. The summed E-state index contributed by atoms with van der Waals surface area (Å²) < 4.78 is 40.5. The van der Waals surface area contributed by atoms with Crippen LogP contribution < -0.4 is 5.32 Å². The number of benzene rings is 1. The second-order valence-electron chi connectivity index (χ2n) is 5.65. The number of amides is 1. The minimum absolute atomic E-state index is 0.0526. The van der Waals surface area contributed by atoms with Gasteiger partial charge in [0.25, 0.3) is 0 Å². The van der Waals surface area contributed by atoms with E-state index in [4.69, 9.17) is 0 Å². The number of rotatable bonds is 8. The largest absolute Gasteiger partial charge is 0.408 e. The molecule has 2 aromatic rings. The molecule has 1 atom stereocenters. The lowest BCUT2D eigenvalue weighted by Gasteiger charge is -2.21. The number of nitrogens with zero attached hydrogens (tertiary/aromatic N) is 3. The van der Waals surface area contributed by atoms with E-state index in [1.54, 1.807) is 30.3 Å². The van der Waals surface area contributed by atoms with Crippen LogP contribution in [0.5, 0.6) is 0 Å². The zero-order chi connectivity index (χ0) is 19.2. The van der Waals surface area contributed by atoms with E-state index in [9.17, 15) is 28.1 Å². The molecular formula is C16H17F3N4O3. The Bertz CT molecular complexity index is 747. The van der Waals surface area contributed by atoms with E-state index in [2.05, 4.69) is 5.10 Å². The smallest absolute Gasteiger partial charge is 0.344 e. The highest BCUT2D eigenvalue weighted by molar-refractivity contribution is 5.76. The first-order chi connectivity index (χ1) is 12.3. The van der Waals surface area contributed by atoms with Gasteiger partial charge in [0, 0.05) is 13.0 Å². The minimum atomic E-state index is -4.56. The van der Waals surface area contributed by atoms with Crippen molar-refractivity contribution in [2.24, 2.45) is 0 Å². The molecule has 0 bridgehead atoms. The predicted octanol–water partition coefficient (Wildman–Crippen LogP) is 2.86. The Hall–Kier alpha value is -2.91. The number of hydrogen-bond donors (Lipinski definition) is 1. The normalized spacial score (nSPS) is 12.6. The molecular weight excluding hydrogens is 353 g/mol. The SMILES string of the molecule is O=C(CCn1cc([N+](=O)[O-])cn1)N[C@@H](CCc1ccccc1)C(F)(F)F. The lowest BCUT2D eigenvalue weighted by Crippen LogP contribution is -2.45. The van der Waals surface area contributed by atoms with Crippen molar-refractivity contribution in [1.29, 1.82) is 0 Å². The third-order valence-electron chi connectivity index (χ3n) is 3.69. The molecule has 0 spiro atoms. The fraction of sp³-hybridized carbons (Fsp3) is 0.375. The second kappa shape index (κ2) is 8.45. The summed E-state index contributed by atoms with van der Waals surface area (Å²) in [5.74, 6) is -0.793. The summed E-state index contributed by atoms with van der Waals surface area (Å²) in [6.07, 6.45) is -2.80. The second-order valence-corrected chi connectivity index (χ2v) is 5.65. The van der Waals surface area contributed by atoms with Crippen LogP contribution in [-0.2, 0) is 17.8 Å². The number of aromatic nitrogens is 2. The summed E-state index contributed by atoms with van der Waals surface area (Å²) in [7, 11) is 0. The number of hydrogen-bond acceptors (Lipinski definition) is 4. The quantitative estimate of drug-likeness (QED) is 0.571. The predicted molar refractivity (Wildman–Crippen MR) is 86.2 cm³/mol. The molecule has 1 amide bonds. The number of alkyl halides is 3. The number of halogens is 3. The average Bonchev–Trinajstić information content (AvgIpc) is 3.06. The van der Waals surface area contributed by atoms with Crippen LogP contribution in [0.15, 0.2) is 42.7 Å². The molecule has 7 nitrogen and oxygen atoms in total. The van der Waals surface area contributed by atoms with Crippen LogP contribution in [0, 0.1) is 10.1 Å². The van der Waals surface area contributed by atoms with Crippen LogP contribution in [0.1, 0.15) is 18.4 Å². The number of carbonyl (C=O) groups is 1. The molecule has 1 aromatic carbocycles. The van der Waals surface area contributed by atoms with Crippen molar-refractivity contribution in [1.82, 2.24) is 15.1 Å². The van der Waals surface area contributed by atoms with E-state index in [0.717, 1.165) is 22.6 Å². The highest BCUT2D eigenvalue weighted by Crippen LogP contribution is 2.24. The third kappa shape index (κ3) is 5.87. The van der Waals surface area contributed by atoms with Crippen LogP contribution in [-0.4, -0.2) is 32.8 Å². The zero-order valence-electron chi connectivity index (χ0n) is 13.6. The van der Waals surface area contributed by atoms with Gasteiger partial charge in [-0.2, -0.15) is 18.3 Å². The van der Waals surface area contributed by atoms with E-state index in [-0.39, 0.29) is 31.5 Å². The monoisotopic (exact) mass is 370 g/mol. The topological polar surface area (TPSA) is 90.1 Å². The van der Waals surface area contributed by atoms with Crippen LogP contribution in [0.3, 0.4) is 0 Å². The standard InChI is InChI=1S/C16H17F3N4O3/c17-16(18,19)14(7-6-12-4-2-1-3-5-12)21-15(24)8-9-22-11-13(10-20-22)23(25)26/h1-5,10-11,14H,6-9H2,(H,21,24)/t14-/m0/s1. The maximum atomic E-state index is 13.1. The van der Waals surface area contributed by atoms with Crippen molar-refractivity contribution in [3.63, 3.8) is 0 Å². The van der Waals surface area contributed by atoms with Crippen molar-refractivity contribution in [3.05, 3.63) is 58.4 Å². The van der Waals surface area contributed by atoms with Crippen LogP contribution in [0.2, 0.25) is 0 Å². The summed E-state index contributed by atoms with van der Waals surface area (Å²) in [6.45, 7) is -0.0526. The van der Waals surface area contributed by atoms with Gasteiger partial charge in [-0.3, -0.25) is 19.6 Å². The maximum Gasteiger partial charge on any atom is 0.408 e. The molecule has 1 aromatic heterocycles. The van der Waals surface area contributed by atoms with Crippen molar-refractivity contribution < 1.29 is 22.9 Å². The van der Waals surface area contributed by atoms with Crippen molar-refractivity contribution >= 4 is 11.6 Å². The average molecular weight is 370 g/mol. The molecule has 0 saturated heterocycles. The Labute approximate surface area is 147 Å². The van der Waals surface area contributed by atoms with Crippen LogP contribution >= 0.6 is 0 Å². The van der Waals surface area contributed by atoms with Crippen LogP contribution in [0.25, 0.3) is 0 Å². The Morgan fingerprint density at radius 1 is 1.31 bits per heavy atom. The molecule has 1 N–H and O–H groups in total. The first-order valence-electron chi connectivity index (χ1n) is 7.82. The molecule has 0 radical (unpaired) electrons. The molecule has 140 valence electrons. The van der Waals surface area contributed by atoms with Crippen LogP contribution in [0.4, 0.5) is 18.9 Å². The molecule has 0 aliphatic carbocycles. The number of nitrogens with one attached hydrogen (secondary N) is 1. The van der Waals surface area contributed by atoms with Gasteiger partial charge in [-0.25, -0.2) is 0 Å². The first kappa shape index (κ1) is 19.4. The van der Waals surface area contributed by atoms with Gasteiger partial charge in [-0.15, -0.1) is 0 Å². The Morgan fingerprint density at radius 3 is 2.58 bits per heavy atom. The zero-order valence-corrected chi connectivity index (χ0v) is 13.6. The summed E-state index contributed by atoms with van der Waals surface area (Å²) >= 11 is 0. The van der Waals surface area contributed by atoms with Gasteiger partial charge in [0.1, 0.15) is 18.4 Å². The number of aryl methyl sites for hydroxylation is 2. The van der Waals surface area contributed by atoms with E-state index >= 15 is 0 Å². The summed E-state index contributed by atoms with van der Waals surface area (Å²) in [5.41, 5.74) is 0.501. The van der Waals surface area contributed by atoms with E-state index < -0.39 is 23.0 Å². The fourth-order valence-electron chi connectivity index (χ4n) is 2.33. The molecule has 2 rings (SSSR count). The fourth-order valence-corrected chi connectivity index (χ4v) is 2.33. The minimum Gasteiger partial charge on any atom is -0.344 e. The molecule has 0 fully saturated rings. The molecule has 0 aliphatic rings. The summed E-state index contributed by atoms with van der Waals surface area (Å²) in [5, 5.41) is 16.2. The van der Waals surface area contributed by atoms with Crippen molar-refractivity contribution in [2.75, 3.05) is 0 Å². The van der Waals surface area contributed by atoms with Crippen molar-refractivity contribution in [2.45, 2.75) is 38.0 Å². The highest BCUT2D eigenvalue weighted by atomic mass is 19.4. The molecule has 10 heteroatoms. The summed E-state index contributed by atoms with van der Waals surface area (Å²) in [4.78, 5) is 21.7. The Kier molecular flexibility index (Phi) is 6.31. The lowest BCUT2D eigenvalue weighted by molar-refractivity contribution is -0.385. The molecule has 26 heavy (non-hydrogen) atoms. The summed E-state index contributed by atoms with van der Waals surface area (Å²) in [6, 6.07) is 6.73. The van der Waals surface area contributed by atoms with Crippen molar-refractivity contribution in [3.8, 4) is 0 Å². The number of carbonyl (C=O) groups excluding carboxylic acids is 1. The Morgan fingerprint density at radius 2 is 2.00 bits per heavy atom. The third-order valence-corrected chi connectivity index (χ3v) is 3.69. The van der Waals surface area contributed by atoms with Gasteiger partial charge in [-0.1, -0.05) is 30.3 Å². The molecule has 0 unspecified atom stereocenters. The van der Waals surface area contributed by atoms with Gasteiger partial charge < -0.3 is 5.32 Å². The van der Waals surface area contributed by atoms with Gasteiger partial charge in [0.2, 0.25) is 5.91 Å². The van der Waals surface area contributed by atoms with E-state index in [1.165, 1.54) is 0 Å². The van der Waals surface area contributed by atoms with Gasteiger partial charge in [0.15, 0.2) is 0 Å².